The molecule has 0 heterocycles. The van der Waals surface area contributed by atoms with Crippen molar-refractivity contribution in [2.24, 2.45) is 23.7 Å². The van der Waals surface area contributed by atoms with E-state index in [9.17, 15) is 9.59 Å². The van der Waals surface area contributed by atoms with Gasteiger partial charge < -0.3 is 9.47 Å². The molecule has 0 saturated heterocycles. The predicted octanol–water partition coefficient (Wildman–Crippen LogP) is 6.95. The predicted molar refractivity (Wildman–Crippen MR) is 130 cm³/mol. The number of unbranched alkanes of at least 4 members (excludes halogenated alkanes) is 2. The van der Waals surface area contributed by atoms with Crippen LogP contribution in [0.15, 0.2) is 37.5 Å². The summed E-state index contributed by atoms with van der Waals surface area (Å²) in [7, 11) is 0. The van der Waals surface area contributed by atoms with E-state index in [1.807, 2.05) is 12.2 Å². The Morgan fingerprint density at radius 3 is 1.50 bits per heavy atom. The minimum absolute atomic E-state index is 0.100. The highest BCUT2D eigenvalue weighted by Gasteiger charge is 2.34. The number of carbonyl (C=O) groups is 2. The highest BCUT2D eigenvalue weighted by atomic mass is 16.5. The van der Waals surface area contributed by atoms with Gasteiger partial charge in [-0.15, -0.1) is 13.2 Å². The van der Waals surface area contributed by atoms with Gasteiger partial charge in [-0.25, -0.2) is 9.59 Å². The van der Waals surface area contributed by atoms with Crippen LogP contribution in [0.4, 0.5) is 0 Å². The summed E-state index contributed by atoms with van der Waals surface area (Å²) in [5.41, 5.74) is 0. The molecular formula is C28H44O4. The molecule has 4 nitrogen and oxygen atoms in total. The van der Waals surface area contributed by atoms with Crippen LogP contribution in [-0.4, -0.2) is 24.1 Å². The molecule has 0 aromatic heterocycles. The largest absolute Gasteiger partial charge is 0.459 e. The molecule has 0 radical (unpaired) electrons. The summed E-state index contributed by atoms with van der Waals surface area (Å²) in [6.45, 7) is 12.3. The van der Waals surface area contributed by atoms with Gasteiger partial charge in [0.2, 0.25) is 0 Å². The fourth-order valence-electron chi connectivity index (χ4n) is 5.59. The summed E-state index contributed by atoms with van der Waals surface area (Å²) < 4.78 is 11.6. The number of esters is 2. The molecule has 6 unspecified atom stereocenters. The molecule has 0 aromatic rings. The molecule has 6 atom stereocenters. The molecule has 4 heteroatoms. The van der Waals surface area contributed by atoms with Crippen molar-refractivity contribution in [3.63, 3.8) is 0 Å². The molecule has 0 aliphatic heterocycles. The Hall–Kier alpha value is -1.84. The van der Waals surface area contributed by atoms with Gasteiger partial charge in [-0.2, -0.15) is 0 Å². The number of rotatable bonds is 12. The van der Waals surface area contributed by atoms with E-state index in [1.54, 1.807) is 0 Å². The minimum Gasteiger partial charge on any atom is -0.459 e. The molecule has 0 aromatic carbocycles. The Kier molecular flexibility index (Phi) is 11.8. The van der Waals surface area contributed by atoms with E-state index in [2.05, 4.69) is 27.0 Å². The molecule has 32 heavy (non-hydrogen) atoms. The average Bonchev–Trinajstić information content (AvgIpc) is 2.80. The van der Waals surface area contributed by atoms with Gasteiger partial charge in [0.25, 0.3) is 0 Å². The normalized spacial score (nSPS) is 30.6. The van der Waals surface area contributed by atoms with Crippen LogP contribution in [0.2, 0.25) is 0 Å². The van der Waals surface area contributed by atoms with Crippen LogP contribution in [0.1, 0.15) is 90.9 Å². The molecule has 2 rings (SSSR count). The summed E-state index contributed by atoms with van der Waals surface area (Å²) in [4.78, 5) is 24.9. The van der Waals surface area contributed by atoms with Gasteiger partial charge in [0.1, 0.15) is 12.2 Å². The zero-order chi connectivity index (χ0) is 23.3. The number of carbonyl (C=O) groups excluding carboxylic acids is 2. The van der Waals surface area contributed by atoms with Crippen LogP contribution >= 0.6 is 0 Å². The molecule has 2 aliphatic carbocycles. The number of hydrogen-bond acceptors (Lipinski definition) is 4. The van der Waals surface area contributed by atoms with E-state index in [0.29, 0.717) is 23.7 Å². The quantitative estimate of drug-likeness (QED) is 0.186. The van der Waals surface area contributed by atoms with Gasteiger partial charge in [-0.05, 0) is 63.2 Å². The van der Waals surface area contributed by atoms with E-state index >= 15 is 0 Å². The van der Waals surface area contributed by atoms with Crippen molar-refractivity contribution in [3.8, 4) is 0 Å². The van der Waals surface area contributed by atoms with Crippen molar-refractivity contribution >= 4 is 11.9 Å². The molecule has 2 saturated carbocycles. The second-order valence-electron chi connectivity index (χ2n) is 9.56. The number of hydrogen-bond donors (Lipinski definition) is 0. The van der Waals surface area contributed by atoms with Crippen LogP contribution in [0.25, 0.3) is 0 Å². The molecule has 0 spiro atoms. The lowest BCUT2D eigenvalue weighted by Crippen LogP contribution is -2.35. The molecular weight excluding hydrogens is 400 g/mol. The SMILES string of the molecule is C=CC1CCCC(OC(=O)C=CC(=O)OC2CCCC(C=C)C2CCCC)C1CCCC. The second kappa shape index (κ2) is 14.3. The van der Waals surface area contributed by atoms with Crippen LogP contribution in [0.5, 0.6) is 0 Å². The third-order valence-corrected chi connectivity index (χ3v) is 7.39. The lowest BCUT2D eigenvalue weighted by atomic mass is 9.75. The molecule has 0 N–H and O–H groups in total. The lowest BCUT2D eigenvalue weighted by molar-refractivity contribution is -0.151. The first-order chi connectivity index (χ1) is 15.5. The maximum atomic E-state index is 12.5. The van der Waals surface area contributed by atoms with Crippen molar-refractivity contribution < 1.29 is 19.1 Å². The monoisotopic (exact) mass is 444 g/mol. The third kappa shape index (κ3) is 7.94. The smallest absolute Gasteiger partial charge is 0.331 e. The molecule has 0 bridgehead atoms. The standard InChI is InChI=1S/C28H44O4/c1-5-9-15-23-21(7-3)13-11-17-25(23)31-27(29)19-20-28(30)32-26-18-12-14-22(8-4)24(26)16-10-6-2/h7-8,19-26H,3-6,9-18H2,1-2H3. The minimum atomic E-state index is -0.451. The summed E-state index contributed by atoms with van der Waals surface area (Å²) in [5, 5.41) is 0. The Bertz CT molecular complexity index is 583. The van der Waals surface area contributed by atoms with Crippen molar-refractivity contribution in [1.29, 1.82) is 0 Å². The highest BCUT2D eigenvalue weighted by Crippen LogP contribution is 2.37. The second-order valence-corrected chi connectivity index (χ2v) is 9.56. The van der Waals surface area contributed by atoms with E-state index in [4.69, 9.17) is 9.47 Å². The fourth-order valence-corrected chi connectivity index (χ4v) is 5.59. The fraction of sp³-hybridized carbons (Fsp3) is 0.714. The lowest BCUT2D eigenvalue weighted by Gasteiger charge is -2.36. The van der Waals surface area contributed by atoms with Crippen LogP contribution in [0, 0.1) is 23.7 Å². The van der Waals surface area contributed by atoms with Crippen molar-refractivity contribution in [1.82, 2.24) is 0 Å². The van der Waals surface area contributed by atoms with Gasteiger partial charge in [0, 0.05) is 24.0 Å². The molecule has 2 aliphatic rings. The summed E-state index contributed by atoms with van der Waals surface area (Å²) >= 11 is 0. The van der Waals surface area contributed by atoms with Crippen LogP contribution in [0.3, 0.4) is 0 Å². The zero-order valence-electron chi connectivity index (χ0n) is 20.3. The maximum Gasteiger partial charge on any atom is 0.331 e. The van der Waals surface area contributed by atoms with Gasteiger partial charge in [0.05, 0.1) is 0 Å². The third-order valence-electron chi connectivity index (χ3n) is 7.39. The Balaban J connectivity index is 1.91. The van der Waals surface area contributed by atoms with Crippen LogP contribution < -0.4 is 0 Å². The van der Waals surface area contributed by atoms with Gasteiger partial charge in [-0.3, -0.25) is 0 Å². The molecule has 0 amide bonds. The summed E-state index contributed by atoms with van der Waals surface area (Å²) in [6, 6.07) is 0. The Morgan fingerprint density at radius 2 is 1.16 bits per heavy atom. The van der Waals surface area contributed by atoms with E-state index in [1.165, 1.54) is 12.2 Å². The molecule has 2 fully saturated rings. The molecule has 180 valence electrons. The maximum absolute atomic E-state index is 12.5. The average molecular weight is 445 g/mol. The first kappa shape index (κ1) is 26.4. The van der Waals surface area contributed by atoms with Crippen molar-refractivity contribution in [2.45, 2.75) is 103 Å². The zero-order valence-corrected chi connectivity index (χ0v) is 20.3. The summed E-state index contributed by atoms with van der Waals surface area (Å²) in [6.07, 6.45) is 19.0. The van der Waals surface area contributed by atoms with Crippen molar-refractivity contribution in [3.05, 3.63) is 37.5 Å². The van der Waals surface area contributed by atoms with Gasteiger partial charge in [0.15, 0.2) is 0 Å². The van der Waals surface area contributed by atoms with Crippen LogP contribution in [-0.2, 0) is 19.1 Å². The van der Waals surface area contributed by atoms with E-state index in [-0.39, 0.29) is 12.2 Å². The topological polar surface area (TPSA) is 52.6 Å². The number of allylic oxidation sites excluding steroid dienone is 2. The first-order valence-electron chi connectivity index (χ1n) is 12.9. The highest BCUT2D eigenvalue weighted by molar-refractivity contribution is 5.91. The van der Waals surface area contributed by atoms with Gasteiger partial charge in [-0.1, -0.05) is 51.7 Å². The Morgan fingerprint density at radius 1 is 0.750 bits per heavy atom. The summed E-state index contributed by atoms with van der Waals surface area (Å²) in [5.74, 6) is 0.532. The van der Waals surface area contributed by atoms with E-state index in [0.717, 1.165) is 77.0 Å². The van der Waals surface area contributed by atoms with Gasteiger partial charge >= 0.3 is 11.9 Å². The van der Waals surface area contributed by atoms with Crippen molar-refractivity contribution in [2.75, 3.05) is 0 Å². The first-order valence-corrected chi connectivity index (χ1v) is 12.9. The van der Waals surface area contributed by atoms with E-state index < -0.39 is 11.9 Å². The number of ether oxygens (including phenoxy) is 2. The Labute approximate surface area is 195 Å².